The Balaban J connectivity index is 2.08. The Morgan fingerprint density at radius 3 is 2.65 bits per heavy atom. The fourth-order valence-corrected chi connectivity index (χ4v) is 2.94. The van der Waals surface area contributed by atoms with Crippen molar-refractivity contribution in [1.82, 2.24) is 4.90 Å². The number of carboxylic acids is 1. The summed E-state index contributed by atoms with van der Waals surface area (Å²) in [5, 5.41) is 9.25. The van der Waals surface area contributed by atoms with Crippen molar-refractivity contribution in [3.05, 3.63) is 0 Å². The molecule has 2 fully saturated rings. The Kier molecular flexibility index (Phi) is 5.37. The monoisotopic (exact) mass is 285 g/mol. The number of ether oxygens (including phenoxy) is 2. The molecule has 6 heteroatoms. The molecule has 1 N–H and O–H groups in total. The van der Waals surface area contributed by atoms with Crippen LogP contribution in [0, 0.1) is 11.8 Å². The van der Waals surface area contributed by atoms with Gasteiger partial charge in [0.15, 0.2) is 0 Å². The zero-order valence-corrected chi connectivity index (χ0v) is 11.9. The number of nitrogens with zero attached hydrogens (tertiary/aromatic N) is 1. The summed E-state index contributed by atoms with van der Waals surface area (Å²) in [5.41, 5.74) is 0. The van der Waals surface area contributed by atoms with Gasteiger partial charge in [-0.3, -0.25) is 9.59 Å². The third-order valence-electron chi connectivity index (χ3n) is 4.03. The number of carboxylic acid groups (broad SMARTS) is 1. The number of hydrogen-bond donors (Lipinski definition) is 1. The highest BCUT2D eigenvalue weighted by Gasteiger charge is 2.41. The van der Waals surface area contributed by atoms with Gasteiger partial charge in [-0.05, 0) is 19.3 Å². The summed E-state index contributed by atoms with van der Waals surface area (Å²) in [6, 6.07) is -0.345. The summed E-state index contributed by atoms with van der Waals surface area (Å²) >= 11 is 0. The van der Waals surface area contributed by atoms with E-state index in [0.717, 1.165) is 19.3 Å². The normalized spacial score (nSPS) is 30.1. The minimum atomic E-state index is -0.888. The van der Waals surface area contributed by atoms with E-state index in [9.17, 15) is 14.7 Å². The highest BCUT2D eigenvalue weighted by atomic mass is 16.5. The fraction of sp³-hybridized carbons (Fsp3) is 0.857. The molecule has 0 aromatic carbocycles. The van der Waals surface area contributed by atoms with Crippen molar-refractivity contribution in [3.8, 4) is 0 Å². The summed E-state index contributed by atoms with van der Waals surface area (Å²) in [4.78, 5) is 25.6. The number of aliphatic carboxylic acids is 1. The summed E-state index contributed by atoms with van der Waals surface area (Å²) in [5.74, 6) is -1.62. The first-order valence-corrected chi connectivity index (χ1v) is 7.34. The standard InChI is InChI=1S/C14H23NO5/c1-2-5-15(12-9-20-8-11(12)14(17)18)13(16)10-4-3-6-19-7-10/h10-12H,2-9H2,1H3,(H,17,18). The molecule has 3 atom stereocenters. The first-order valence-electron chi connectivity index (χ1n) is 7.34. The fourth-order valence-electron chi connectivity index (χ4n) is 2.94. The van der Waals surface area contributed by atoms with E-state index in [1.165, 1.54) is 0 Å². The minimum absolute atomic E-state index is 0.0216. The molecular weight excluding hydrogens is 262 g/mol. The van der Waals surface area contributed by atoms with Crippen LogP contribution in [0.3, 0.4) is 0 Å². The second-order valence-electron chi connectivity index (χ2n) is 5.50. The van der Waals surface area contributed by atoms with Crippen LogP contribution in [-0.2, 0) is 19.1 Å². The van der Waals surface area contributed by atoms with E-state index in [1.807, 2.05) is 6.92 Å². The molecule has 0 saturated carbocycles. The lowest BCUT2D eigenvalue weighted by Gasteiger charge is -2.34. The largest absolute Gasteiger partial charge is 0.481 e. The van der Waals surface area contributed by atoms with E-state index in [-0.39, 0.29) is 24.5 Å². The maximum atomic E-state index is 12.6. The Morgan fingerprint density at radius 2 is 2.05 bits per heavy atom. The highest BCUT2D eigenvalue weighted by Crippen LogP contribution is 2.24. The van der Waals surface area contributed by atoms with Crippen molar-refractivity contribution in [1.29, 1.82) is 0 Å². The molecule has 2 rings (SSSR count). The molecule has 6 nitrogen and oxygen atoms in total. The SMILES string of the molecule is CCCN(C(=O)C1CCCOC1)C1COCC1C(=O)O. The van der Waals surface area contributed by atoms with Crippen molar-refractivity contribution in [2.75, 3.05) is 33.0 Å². The Labute approximate surface area is 119 Å². The summed E-state index contributed by atoms with van der Waals surface area (Å²) in [7, 11) is 0. The van der Waals surface area contributed by atoms with Crippen LogP contribution in [0.25, 0.3) is 0 Å². The van der Waals surface area contributed by atoms with Crippen molar-refractivity contribution in [2.24, 2.45) is 11.8 Å². The number of carbonyl (C=O) groups excluding carboxylic acids is 1. The van der Waals surface area contributed by atoms with E-state index in [0.29, 0.717) is 26.4 Å². The zero-order valence-electron chi connectivity index (χ0n) is 11.9. The van der Waals surface area contributed by atoms with E-state index in [4.69, 9.17) is 9.47 Å². The molecule has 1 amide bonds. The lowest BCUT2D eigenvalue weighted by molar-refractivity contribution is -0.148. The number of hydrogen-bond acceptors (Lipinski definition) is 4. The number of carbonyl (C=O) groups is 2. The molecule has 0 bridgehead atoms. The molecule has 0 radical (unpaired) electrons. The smallest absolute Gasteiger partial charge is 0.311 e. The van der Waals surface area contributed by atoms with Crippen molar-refractivity contribution in [2.45, 2.75) is 32.2 Å². The molecular formula is C14H23NO5. The molecule has 0 spiro atoms. The third-order valence-corrected chi connectivity index (χ3v) is 4.03. The summed E-state index contributed by atoms with van der Waals surface area (Å²) in [6.07, 6.45) is 2.52. The topological polar surface area (TPSA) is 76.1 Å². The first-order chi connectivity index (χ1) is 9.65. The average molecular weight is 285 g/mol. The summed E-state index contributed by atoms with van der Waals surface area (Å²) < 4.78 is 10.7. The van der Waals surface area contributed by atoms with Crippen LogP contribution >= 0.6 is 0 Å². The second kappa shape index (κ2) is 7.04. The maximum absolute atomic E-state index is 12.6. The predicted molar refractivity (Wildman–Crippen MR) is 71.3 cm³/mol. The van der Waals surface area contributed by atoms with Gasteiger partial charge in [-0.2, -0.15) is 0 Å². The molecule has 2 heterocycles. The molecule has 2 aliphatic rings. The molecule has 0 aliphatic carbocycles. The van der Waals surface area contributed by atoms with Crippen LogP contribution in [0.15, 0.2) is 0 Å². The number of amides is 1. The van der Waals surface area contributed by atoms with Gasteiger partial charge in [-0.25, -0.2) is 0 Å². The molecule has 2 aliphatic heterocycles. The number of rotatable bonds is 5. The van der Waals surface area contributed by atoms with E-state index >= 15 is 0 Å². The van der Waals surface area contributed by atoms with Crippen LogP contribution in [0.1, 0.15) is 26.2 Å². The van der Waals surface area contributed by atoms with Crippen molar-refractivity contribution >= 4 is 11.9 Å². The van der Waals surface area contributed by atoms with Crippen LogP contribution in [-0.4, -0.2) is 60.9 Å². The van der Waals surface area contributed by atoms with E-state index in [2.05, 4.69) is 0 Å². The Hall–Kier alpha value is -1.14. The first kappa shape index (κ1) is 15.3. The van der Waals surface area contributed by atoms with Gasteiger partial charge in [0.25, 0.3) is 0 Å². The van der Waals surface area contributed by atoms with Gasteiger partial charge in [-0.15, -0.1) is 0 Å². The molecule has 114 valence electrons. The van der Waals surface area contributed by atoms with Crippen LogP contribution < -0.4 is 0 Å². The molecule has 0 aromatic heterocycles. The van der Waals surface area contributed by atoms with Gasteiger partial charge in [0.05, 0.1) is 31.8 Å². The molecule has 2 saturated heterocycles. The van der Waals surface area contributed by atoms with Crippen molar-refractivity contribution in [3.63, 3.8) is 0 Å². The lowest BCUT2D eigenvalue weighted by Crippen LogP contribution is -2.50. The van der Waals surface area contributed by atoms with Crippen LogP contribution in [0.2, 0.25) is 0 Å². The zero-order chi connectivity index (χ0) is 14.5. The van der Waals surface area contributed by atoms with Gasteiger partial charge in [0.2, 0.25) is 5.91 Å². The Morgan fingerprint density at radius 1 is 1.25 bits per heavy atom. The van der Waals surface area contributed by atoms with Gasteiger partial charge in [0.1, 0.15) is 5.92 Å². The van der Waals surface area contributed by atoms with Gasteiger partial charge < -0.3 is 19.5 Å². The van der Waals surface area contributed by atoms with E-state index < -0.39 is 11.9 Å². The highest BCUT2D eigenvalue weighted by molar-refractivity contribution is 5.81. The second-order valence-corrected chi connectivity index (χ2v) is 5.50. The Bertz CT molecular complexity index is 353. The van der Waals surface area contributed by atoms with E-state index in [1.54, 1.807) is 4.90 Å². The van der Waals surface area contributed by atoms with Gasteiger partial charge in [0, 0.05) is 13.2 Å². The average Bonchev–Trinajstić information content (AvgIpc) is 2.94. The van der Waals surface area contributed by atoms with Gasteiger partial charge >= 0.3 is 5.97 Å². The third kappa shape index (κ3) is 3.30. The predicted octanol–water partition coefficient (Wildman–Crippen LogP) is 0.751. The molecule has 0 aromatic rings. The van der Waals surface area contributed by atoms with Crippen LogP contribution in [0.4, 0.5) is 0 Å². The molecule has 20 heavy (non-hydrogen) atoms. The minimum Gasteiger partial charge on any atom is -0.481 e. The quantitative estimate of drug-likeness (QED) is 0.806. The van der Waals surface area contributed by atoms with Crippen molar-refractivity contribution < 1.29 is 24.2 Å². The van der Waals surface area contributed by atoms with Crippen LogP contribution in [0.5, 0.6) is 0 Å². The summed E-state index contributed by atoms with van der Waals surface area (Å²) in [6.45, 7) is 4.23. The van der Waals surface area contributed by atoms with Gasteiger partial charge in [-0.1, -0.05) is 6.92 Å². The lowest BCUT2D eigenvalue weighted by atomic mass is 9.96. The maximum Gasteiger partial charge on any atom is 0.311 e. The molecule has 3 unspecified atom stereocenters.